The Morgan fingerprint density at radius 1 is 1.42 bits per heavy atom. The second-order valence-electron chi connectivity index (χ2n) is 4.61. The molecule has 1 unspecified atom stereocenters. The average molecular weight is 324 g/mol. The predicted octanol–water partition coefficient (Wildman–Crippen LogP) is 2.72. The van der Waals surface area contributed by atoms with Gasteiger partial charge in [0.1, 0.15) is 6.10 Å². The van der Waals surface area contributed by atoms with E-state index in [-0.39, 0.29) is 0 Å². The van der Waals surface area contributed by atoms with E-state index < -0.39 is 6.10 Å². The molecule has 4 nitrogen and oxygen atoms in total. The zero-order valence-corrected chi connectivity index (χ0v) is 13.0. The Bertz CT molecular complexity index is 580. The van der Waals surface area contributed by atoms with Crippen LogP contribution < -0.4 is 0 Å². The van der Waals surface area contributed by atoms with Crippen LogP contribution in [0.3, 0.4) is 0 Å². The highest BCUT2D eigenvalue weighted by molar-refractivity contribution is 9.10. The molecule has 5 heteroatoms. The number of aliphatic hydroxyl groups is 1. The summed E-state index contributed by atoms with van der Waals surface area (Å²) in [4.78, 5) is 4.36. The summed E-state index contributed by atoms with van der Waals surface area (Å²) in [6.45, 7) is 3.99. The third-order valence-electron chi connectivity index (χ3n) is 3.14. The molecule has 0 spiro atoms. The molecule has 0 saturated heterocycles. The largest absolute Gasteiger partial charge is 0.386 e. The van der Waals surface area contributed by atoms with Crippen molar-refractivity contribution in [2.45, 2.75) is 32.8 Å². The fourth-order valence-corrected chi connectivity index (χ4v) is 2.86. The maximum Gasteiger partial charge on any atom is 0.101 e. The predicted molar refractivity (Wildman–Crippen MR) is 77.9 cm³/mol. The van der Waals surface area contributed by atoms with Crippen LogP contribution in [-0.2, 0) is 19.9 Å². The summed E-state index contributed by atoms with van der Waals surface area (Å²) in [6, 6.07) is 5.69. The molecule has 19 heavy (non-hydrogen) atoms. The zero-order chi connectivity index (χ0) is 14.0. The van der Waals surface area contributed by atoms with Gasteiger partial charge < -0.3 is 5.11 Å². The normalized spacial score (nSPS) is 12.7. The monoisotopic (exact) mass is 323 g/mol. The quantitative estimate of drug-likeness (QED) is 0.941. The van der Waals surface area contributed by atoms with Crippen LogP contribution in [0.1, 0.15) is 35.8 Å². The lowest BCUT2D eigenvalue weighted by molar-refractivity contribution is 0.170. The Morgan fingerprint density at radius 2 is 2.16 bits per heavy atom. The molecule has 2 aromatic rings. The van der Waals surface area contributed by atoms with Crippen molar-refractivity contribution in [1.82, 2.24) is 14.8 Å². The zero-order valence-electron chi connectivity index (χ0n) is 11.4. The first kappa shape index (κ1) is 14.2. The van der Waals surface area contributed by atoms with Gasteiger partial charge in [0.15, 0.2) is 0 Å². The summed E-state index contributed by atoms with van der Waals surface area (Å²) in [5.74, 6) is 0. The van der Waals surface area contributed by atoms with Gasteiger partial charge in [-0.25, -0.2) is 0 Å². The lowest BCUT2D eigenvalue weighted by Gasteiger charge is -2.11. The molecule has 0 aliphatic rings. The highest BCUT2D eigenvalue weighted by Gasteiger charge is 2.18. The SMILES string of the molecule is CCc1nn(C)c(CC(O)c2cccc(C)n2)c1Br. The summed E-state index contributed by atoms with van der Waals surface area (Å²) in [5.41, 5.74) is 3.62. The van der Waals surface area contributed by atoms with Gasteiger partial charge in [0.25, 0.3) is 0 Å². The van der Waals surface area contributed by atoms with Gasteiger partial charge in [0.05, 0.1) is 21.6 Å². The van der Waals surface area contributed by atoms with Gasteiger partial charge in [0.2, 0.25) is 0 Å². The molecule has 102 valence electrons. The van der Waals surface area contributed by atoms with Crippen LogP contribution in [-0.4, -0.2) is 19.9 Å². The molecule has 0 amide bonds. The minimum absolute atomic E-state index is 0.501. The Morgan fingerprint density at radius 3 is 2.74 bits per heavy atom. The van der Waals surface area contributed by atoms with Gasteiger partial charge in [-0.3, -0.25) is 9.67 Å². The Hall–Kier alpha value is -1.20. The fraction of sp³-hybridized carbons (Fsp3) is 0.429. The summed E-state index contributed by atoms with van der Waals surface area (Å²) in [6.07, 6.45) is 0.754. The Labute approximate surface area is 121 Å². The number of aliphatic hydroxyl groups excluding tert-OH is 1. The van der Waals surface area contributed by atoms with Crippen molar-refractivity contribution >= 4 is 15.9 Å². The molecule has 1 atom stereocenters. The first-order valence-electron chi connectivity index (χ1n) is 6.34. The highest BCUT2D eigenvalue weighted by Crippen LogP contribution is 2.26. The third-order valence-corrected chi connectivity index (χ3v) is 4.06. The van der Waals surface area contributed by atoms with E-state index in [1.165, 1.54) is 0 Å². The Kier molecular flexibility index (Phi) is 4.37. The minimum atomic E-state index is -0.615. The second kappa shape index (κ2) is 5.84. The summed E-state index contributed by atoms with van der Waals surface area (Å²) < 4.78 is 2.81. The molecule has 0 saturated carbocycles. The van der Waals surface area contributed by atoms with Crippen molar-refractivity contribution in [1.29, 1.82) is 0 Å². The van der Waals surface area contributed by atoms with Gasteiger partial charge in [-0.15, -0.1) is 0 Å². The molecular formula is C14H18BrN3O. The number of rotatable bonds is 4. The summed E-state index contributed by atoms with van der Waals surface area (Å²) >= 11 is 3.56. The third kappa shape index (κ3) is 3.04. The number of aryl methyl sites for hydroxylation is 3. The van der Waals surface area contributed by atoms with Crippen LogP contribution >= 0.6 is 15.9 Å². The van der Waals surface area contributed by atoms with E-state index in [0.717, 1.165) is 28.0 Å². The van der Waals surface area contributed by atoms with Crippen LogP contribution in [0.25, 0.3) is 0 Å². The van der Waals surface area contributed by atoms with E-state index in [9.17, 15) is 5.11 Å². The lowest BCUT2D eigenvalue weighted by Crippen LogP contribution is -2.08. The first-order chi connectivity index (χ1) is 9.02. The minimum Gasteiger partial charge on any atom is -0.386 e. The molecule has 0 fully saturated rings. The van der Waals surface area contributed by atoms with E-state index in [1.807, 2.05) is 36.9 Å². The molecule has 0 bridgehead atoms. The van der Waals surface area contributed by atoms with Gasteiger partial charge in [-0.2, -0.15) is 5.10 Å². The van der Waals surface area contributed by atoms with Crippen molar-refractivity contribution in [2.75, 3.05) is 0 Å². The van der Waals surface area contributed by atoms with E-state index in [0.29, 0.717) is 12.1 Å². The number of pyridine rings is 1. The fourth-order valence-electron chi connectivity index (χ4n) is 2.08. The number of halogens is 1. The standard InChI is InChI=1S/C14H18BrN3O/c1-4-10-14(15)12(18(3)17-10)8-13(19)11-7-5-6-9(2)16-11/h5-7,13,19H,4,8H2,1-3H3. The first-order valence-corrected chi connectivity index (χ1v) is 7.14. The molecule has 2 heterocycles. The van der Waals surface area contributed by atoms with Crippen LogP contribution in [0, 0.1) is 6.92 Å². The summed E-state index contributed by atoms with van der Waals surface area (Å²) in [5, 5.41) is 14.7. The molecule has 0 aliphatic heterocycles. The lowest BCUT2D eigenvalue weighted by atomic mass is 10.1. The van der Waals surface area contributed by atoms with Crippen LogP contribution in [0.4, 0.5) is 0 Å². The second-order valence-corrected chi connectivity index (χ2v) is 5.40. The van der Waals surface area contributed by atoms with E-state index in [2.05, 4.69) is 32.9 Å². The molecular weight excluding hydrogens is 306 g/mol. The van der Waals surface area contributed by atoms with E-state index >= 15 is 0 Å². The topological polar surface area (TPSA) is 50.9 Å². The average Bonchev–Trinajstić information content (AvgIpc) is 2.66. The highest BCUT2D eigenvalue weighted by atomic mass is 79.9. The van der Waals surface area contributed by atoms with Crippen LogP contribution in [0.5, 0.6) is 0 Å². The van der Waals surface area contributed by atoms with Gasteiger partial charge in [0, 0.05) is 19.2 Å². The molecule has 2 aromatic heterocycles. The molecule has 0 radical (unpaired) electrons. The smallest absolute Gasteiger partial charge is 0.101 e. The van der Waals surface area contributed by atoms with Gasteiger partial charge in [-0.05, 0) is 41.4 Å². The number of nitrogens with zero attached hydrogens (tertiary/aromatic N) is 3. The van der Waals surface area contributed by atoms with E-state index in [4.69, 9.17) is 0 Å². The van der Waals surface area contributed by atoms with Gasteiger partial charge in [-0.1, -0.05) is 13.0 Å². The number of hydrogen-bond donors (Lipinski definition) is 1. The van der Waals surface area contributed by atoms with Crippen molar-refractivity contribution < 1.29 is 5.11 Å². The van der Waals surface area contributed by atoms with Crippen LogP contribution in [0.2, 0.25) is 0 Å². The Balaban J connectivity index is 2.24. The number of hydrogen-bond acceptors (Lipinski definition) is 3. The summed E-state index contributed by atoms with van der Waals surface area (Å²) in [7, 11) is 1.90. The molecule has 2 rings (SSSR count). The van der Waals surface area contributed by atoms with Crippen molar-refractivity contribution in [3.8, 4) is 0 Å². The number of aromatic nitrogens is 3. The van der Waals surface area contributed by atoms with Crippen molar-refractivity contribution in [2.24, 2.45) is 7.05 Å². The van der Waals surface area contributed by atoms with Crippen LogP contribution in [0.15, 0.2) is 22.7 Å². The maximum absolute atomic E-state index is 10.3. The maximum atomic E-state index is 10.3. The molecule has 0 aromatic carbocycles. The van der Waals surface area contributed by atoms with Gasteiger partial charge >= 0.3 is 0 Å². The van der Waals surface area contributed by atoms with E-state index in [1.54, 1.807) is 0 Å². The molecule has 1 N–H and O–H groups in total. The van der Waals surface area contributed by atoms with Crippen molar-refractivity contribution in [3.63, 3.8) is 0 Å². The van der Waals surface area contributed by atoms with Crippen molar-refractivity contribution in [3.05, 3.63) is 45.4 Å². The molecule has 0 aliphatic carbocycles.